The molecule has 4 nitrogen and oxygen atoms in total. The van der Waals surface area contributed by atoms with Gasteiger partial charge in [0.2, 0.25) is 0 Å². The molecule has 0 saturated heterocycles. The minimum absolute atomic E-state index is 0.126. The zero-order valence-corrected chi connectivity index (χ0v) is 16.1. The Kier molecular flexibility index (Phi) is 5.04. The van der Waals surface area contributed by atoms with E-state index >= 15 is 0 Å². The molecule has 2 aromatic carbocycles. The van der Waals surface area contributed by atoms with Crippen LogP contribution in [0.3, 0.4) is 0 Å². The van der Waals surface area contributed by atoms with Crippen molar-refractivity contribution in [3.05, 3.63) is 81.1 Å². The third kappa shape index (κ3) is 3.82. The normalized spacial score (nSPS) is 10.7. The van der Waals surface area contributed by atoms with E-state index < -0.39 is 0 Å². The Bertz CT molecular complexity index is 913. The summed E-state index contributed by atoms with van der Waals surface area (Å²) < 4.78 is 2.70. The van der Waals surface area contributed by atoms with Crippen molar-refractivity contribution in [2.24, 2.45) is 7.05 Å². The van der Waals surface area contributed by atoms with Gasteiger partial charge in [0.25, 0.3) is 5.91 Å². The molecule has 0 bridgehead atoms. The van der Waals surface area contributed by atoms with Gasteiger partial charge < -0.3 is 5.32 Å². The van der Waals surface area contributed by atoms with Gasteiger partial charge in [0.1, 0.15) is 0 Å². The third-order valence-corrected chi connectivity index (χ3v) is 5.06. The SMILES string of the molecule is Cc1nn(C)c(C)c1Cc1ccc(NC(=O)c2ccccc2Br)cc1. The second-order valence-corrected chi connectivity index (χ2v) is 6.93. The molecule has 0 aliphatic heterocycles. The maximum atomic E-state index is 12.4. The number of nitrogens with one attached hydrogen (secondary N) is 1. The van der Waals surface area contributed by atoms with Gasteiger partial charge in [0.15, 0.2) is 0 Å². The van der Waals surface area contributed by atoms with Crippen LogP contribution in [0.25, 0.3) is 0 Å². The standard InChI is InChI=1S/C20H20BrN3O/c1-13-18(14(2)24(3)23-13)12-15-8-10-16(11-9-15)22-20(25)17-6-4-5-7-19(17)21/h4-11H,12H2,1-3H3,(H,22,25). The first-order valence-electron chi connectivity index (χ1n) is 8.09. The average Bonchev–Trinajstić information content (AvgIpc) is 2.83. The number of hydrogen-bond donors (Lipinski definition) is 1. The summed E-state index contributed by atoms with van der Waals surface area (Å²) in [7, 11) is 1.96. The number of rotatable bonds is 4. The number of halogens is 1. The van der Waals surface area contributed by atoms with E-state index in [9.17, 15) is 4.79 Å². The molecule has 1 N–H and O–H groups in total. The van der Waals surface area contributed by atoms with Crippen molar-refractivity contribution in [2.45, 2.75) is 20.3 Å². The molecule has 25 heavy (non-hydrogen) atoms. The van der Waals surface area contributed by atoms with Crippen molar-refractivity contribution in [2.75, 3.05) is 5.32 Å². The Morgan fingerprint density at radius 2 is 1.80 bits per heavy atom. The highest BCUT2D eigenvalue weighted by Crippen LogP contribution is 2.20. The van der Waals surface area contributed by atoms with E-state index in [0.717, 1.165) is 22.3 Å². The molecule has 0 aliphatic carbocycles. The predicted molar refractivity (Wildman–Crippen MR) is 104 cm³/mol. The van der Waals surface area contributed by atoms with Gasteiger partial charge in [-0.25, -0.2) is 0 Å². The number of benzene rings is 2. The van der Waals surface area contributed by atoms with Gasteiger partial charge >= 0.3 is 0 Å². The van der Waals surface area contributed by atoms with Gasteiger partial charge in [-0.15, -0.1) is 0 Å². The molecule has 0 atom stereocenters. The zero-order chi connectivity index (χ0) is 18.0. The molecular weight excluding hydrogens is 378 g/mol. The van der Waals surface area contributed by atoms with Crippen LogP contribution < -0.4 is 5.32 Å². The monoisotopic (exact) mass is 397 g/mol. The first kappa shape index (κ1) is 17.4. The average molecular weight is 398 g/mol. The number of anilines is 1. The smallest absolute Gasteiger partial charge is 0.256 e. The molecule has 0 radical (unpaired) electrons. The Balaban J connectivity index is 1.72. The van der Waals surface area contributed by atoms with E-state index in [4.69, 9.17) is 0 Å². The van der Waals surface area contributed by atoms with Crippen molar-refractivity contribution in [3.63, 3.8) is 0 Å². The number of nitrogens with zero attached hydrogens (tertiary/aromatic N) is 2. The molecule has 3 aromatic rings. The number of carbonyl (C=O) groups is 1. The molecule has 5 heteroatoms. The highest BCUT2D eigenvalue weighted by molar-refractivity contribution is 9.10. The van der Waals surface area contributed by atoms with Crippen LogP contribution >= 0.6 is 15.9 Å². The molecular formula is C20H20BrN3O. The van der Waals surface area contributed by atoms with E-state index in [0.29, 0.717) is 5.56 Å². The Hall–Kier alpha value is -2.40. The summed E-state index contributed by atoms with van der Waals surface area (Å²) in [5.41, 5.74) is 6.10. The van der Waals surface area contributed by atoms with Crippen LogP contribution in [0.2, 0.25) is 0 Å². The van der Waals surface area contributed by atoms with E-state index in [2.05, 4.69) is 33.3 Å². The molecule has 1 heterocycles. The minimum Gasteiger partial charge on any atom is -0.322 e. The molecule has 128 valence electrons. The summed E-state index contributed by atoms with van der Waals surface area (Å²) in [6.45, 7) is 4.12. The largest absolute Gasteiger partial charge is 0.322 e. The lowest BCUT2D eigenvalue weighted by molar-refractivity contribution is 0.102. The molecule has 0 saturated carbocycles. The lowest BCUT2D eigenvalue weighted by atomic mass is 10.0. The molecule has 3 rings (SSSR count). The number of amides is 1. The molecule has 0 aliphatic rings. The molecule has 0 spiro atoms. The number of carbonyl (C=O) groups excluding carboxylic acids is 1. The Morgan fingerprint density at radius 1 is 1.12 bits per heavy atom. The van der Waals surface area contributed by atoms with Crippen LogP contribution in [-0.4, -0.2) is 15.7 Å². The summed E-state index contributed by atoms with van der Waals surface area (Å²) in [4.78, 5) is 12.4. The summed E-state index contributed by atoms with van der Waals surface area (Å²) in [5.74, 6) is -0.126. The first-order chi connectivity index (χ1) is 12.0. The minimum atomic E-state index is -0.126. The lowest BCUT2D eigenvalue weighted by Crippen LogP contribution is -2.12. The third-order valence-electron chi connectivity index (χ3n) is 4.37. The zero-order valence-electron chi connectivity index (χ0n) is 14.5. The van der Waals surface area contributed by atoms with E-state index in [1.807, 2.05) is 61.1 Å². The van der Waals surface area contributed by atoms with Crippen LogP contribution in [0.15, 0.2) is 53.0 Å². The van der Waals surface area contributed by atoms with Crippen LogP contribution in [-0.2, 0) is 13.5 Å². The topological polar surface area (TPSA) is 46.9 Å². The Morgan fingerprint density at radius 3 is 2.40 bits per heavy atom. The van der Waals surface area contributed by atoms with E-state index in [1.165, 1.54) is 16.8 Å². The van der Waals surface area contributed by atoms with E-state index in [1.54, 1.807) is 6.07 Å². The lowest BCUT2D eigenvalue weighted by Gasteiger charge is -2.08. The van der Waals surface area contributed by atoms with Crippen molar-refractivity contribution in [1.29, 1.82) is 0 Å². The number of aryl methyl sites for hydroxylation is 2. The van der Waals surface area contributed by atoms with Crippen molar-refractivity contribution in [3.8, 4) is 0 Å². The fourth-order valence-electron chi connectivity index (χ4n) is 2.83. The maximum Gasteiger partial charge on any atom is 0.256 e. The molecule has 0 unspecified atom stereocenters. The summed E-state index contributed by atoms with van der Waals surface area (Å²) in [5, 5.41) is 7.39. The van der Waals surface area contributed by atoms with E-state index in [-0.39, 0.29) is 5.91 Å². The quantitative estimate of drug-likeness (QED) is 0.696. The Labute approximate surface area is 156 Å². The van der Waals surface area contributed by atoms with Crippen LogP contribution in [0.4, 0.5) is 5.69 Å². The summed E-state index contributed by atoms with van der Waals surface area (Å²) >= 11 is 3.41. The van der Waals surface area contributed by atoms with Gasteiger partial charge in [-0.1, -0.05) is 24.3 Å². The predicted octanol–water partition coefficient (Wildman–Crippen LogP) is 4.64. The van der Waals surface area contributed by atoms with Gasteiger partial charge in [0.05, 0.1) is 11.3 Å². The molecule has 0 fully saturated rings. The van der Waals surface area contributed by atoms with Crippen molar-refractivity contribution >= 4 is 27.5 Å². The number of hydrogen-bond acceptors (Lipinski definition) is 2. The van der Waals surface area contributed by atoms with Gasteiger partial charge in [-0.05, 0) is 59.6 Å². The van der Waals surface area contributed by atoms with Crippen LogP contribution in [0, 0.1) is 13.8 Å². The van der Waals surface area contributed by atoms with Gasteiger partial charge in [-0.3, -0.25) is 9.48 Å². The highest BCUT2D eigenvalue weighted by Gasteiger charge is 2.11. The second-order valence-electron chi connectivity index (χ2n) is 6.08. The summed E-state index contributed by atoms with van der Waals surface area (Å²) in [6, 6.07) is 15.3. The second kappa shape index (κ2) is 7.23. The summed E-state index contributed by atoms with van der Waals surface area (Å²) in [6.07, 6.45) is 0.837. The fourth-order valence-corrected chi connectivity index (χ4v) is 3.29. The maximum absolute atomic E-state index is 12.4. The van der Waals surface area contributed by atoms with Crippen LogP contribution in [0.5, 0.6) is 0 Å². The van der Waals surface area contributed by atoms with Crippen molar-refractivity contribution < 1.29 is 4.79 Å². The first-order valence-corrected chi connectivity index (χ1v) is 8.89. The highest BCUT2D eigenvalue weighted by atomic mass is 79.9. The van der Waals surface area contributed by atoms with Crippen LogP contribution in [0.1, 0.15) is 32.9 Å². The van der Waals surface area contributed by atoms with Gasteiger partial charge in [-0.2, -0.15) is 5.10 Å². The molecule has 1 amide bonds. The van der Waals surface area contributed by atoms with Gasteiger partial charge in [0, 0.05) is 34.9 Å². The fraction of sp³-hybridized carbons (Fsp3) is 0.200. The molecule has 1 aromatic heterocycles. The number of aromatic nitrogens is 2. The van der Waals surface area contributed by atoms with Crippen molar-refractivity contribution in [1.82, 2.24) is 9.78 Å².